The van der Waals surface area contributed by atoms with Gasteiger partial charge in [0.05, 0.1) is 6.61 Å². The van der Waals surface area contributed by atoms with E-state index in [0.717, 1.165) is 11.1 Å². The molecule has 0 amide bonds. The molecule has 1 aliphatic rings. The minimum atomic E-state index is -1.46. The molecule has 6 N–H and O–H groups in total. The predicted octanol–water partition coefficient (Wildman–Crippen LogP) is 2.44. The molecule has 10 heteroatoms. The Morgan fingerprint density at radius 1 is 0.947 bits per heavy atom. The Labute approximate surface area is 224 Å². The lowest BCUT2D eigenvalue weighted by Crippen LogP contribution is -2.55. The van der Waals surface area contributed by atoms with Crippen LogP contribution in [0.4, 0.5) is 10.1 Å². The molecular formula is C28H31ClFNO7. The lowest BCUT2D eigenvalue weighted by Gasteiger charge is -2.40. The number of benzene rings is 3. The second kappa shape index (κ2) is 12.9. The van der Waals surface area contributed by atoms with Gasteiger partial charge in [0.2, 0.25) is 0 Å². The van der Waals surface area contributed by atoms with Gasteiger partial charge in [-0.1, -0.05) is 35.9 Å². The molecule has 1 aliphatic heterocycles. The molecule has 0 aliphatic carbocycles. The van der Waals surface area contributed by atoms with Crippen molar-refractivity contribution in [1.82, 2.24) is 0 Å². The molecule has 3 aromatic carbocycles. The molecule has 3 aromatic rings. The molecule has 8 nitrogen and oxygen atoms in total. The van der Waals surface area contributed by atoms with Crippen molar-refractivity contribution in [3.8, 4) is 5.75 Å². The van der Waals surface area contributed by atoms with Gasteiger partial charge in [-0.05, 0) is 65.6 Å². The molecule has 204 valence electrons. The molecule has 4 rings (SSSR count). The summed E-state index contributed by atoms with van der Waals surface area (Å²) in [5.74, 6) is 0.252. The fraction of sp³-hybridized carbons (Fsp3) is 0.357. The predicted molar refractivity (Wildman–Crippen MR) is 140 cm³/mol. The van der Waals surface area contributed by atoms with Crippen LogP contribution in [0, 0.1) is 5.82 Å². The second-order valence-corrected chi connectivity index (χ2v) is 9.68. The summed E-state index contributed by atoms with van der Waals surface area (Å²) in [5.41, 5.74) is 2.95. The van der Waals surface area contributed by atoms with Crippen LogP contribution in [0.3, 0.4) is 0 Å². The molecular weight excluding hydrogens is 517 g/mol. The summed E-state index contributed by atoms with van der Waals surface area (Å²) in [6.07, 6.45) is -6.51. The summed E-state index contributed by atoms with van der Waals surface area (Å²) in [6, 6.07) is 18.3. The number of anilines is 1. The zero-order chi connectivity index (χ0) is 27.2. The van der Waals surface area contributed by atoms with Crippen molar-refractivity contribution in [3.05, 3.63) is 94.3 Å². The monoisotopic (exact) mass is 547 g/mol. The van der Waals surface area contributed by atoms with Gasteiger partial charge in [-0.25, -0.2) is 4.39 Å². The highest BCUT2D eigenvalue weighted by atomic mass is 35.5. The number of nitrogens with one attached hydrogen (secondary N) is 1. The maximum Gasteiger partial charge on any atom is 0.123 e. The third kappa shape index (κ3) is 7.00. The molecule has 1 heterocycles. The quantitative estimate of drug-likeness (QED) is 0.228. The molecule has 0 aromatic heterocycles. The van der Waals surface area contributed by atoms with Crippen LogP contribution < -0.4 is 10.1 Å². The fourth-order valence-electron chi connectivity index (χ4n) is 4.26. The fourth-order valence-corrected chi connectivity index (χ4v) is 4.45. The third-order valence-electron chi connectivity index (χ3n) is 6.44. The molecule has 0 saturated carbocycles. The molecule has 0 bridgehead atoms. The number of ether oxygens (including phenoxy) is 2. The highest BCUT2D eigenvalue weighted by Gasteiger charge is 2.44. The molecule has 1 fully saturated rings. The first-order chi connectivity index (χ1) is 18.2. The minimum Gasteiger partial charge on any atom is -0.491 e. The Hall–Kier alpha value is -2.76. The maximum absolute atomic E-state index is 13.0. The van der Waals surface area contributed by atoms with E-state index in [2.05, 4.69) is 5.32 Å². The van der Waals surface area contributed by atoms with Crippen LogP contribution in [0.5, 0.6) is 5.75 Å². The summed E-state index contributed by atoms with van der Waals surface area (Å²) in [7, 11) is 0. The van der Waals surface area contributed by atoms with Crippen molar-refractivity contribution in [2.75, 3.05) is 25.1 Å². The van der Waals surface area contributed by atoms with Crippen molar-refractivity contribution < 1.29 is 39.4 Å². The van der Waals surface area contributed by atoms with E-state index in [1.165, 1.54) is 12.1 Å². The summed E-state index contributed by atoms with van der Waals surface area (Å²) in [4.78, 5) is 0. The van der Waals surface area contributed by atoms with Crippen LogP contribution in [0.2, 0.25) is 5.02 Å². The van der Waals surface area contributed by atoms with Gasteiger partial charge in [-0.2, -0.15) is 0 Å². The number of rotatable bonds is 10. The normalized spacial score (nSPS) is 24.1. The van der Waals surface area contributed by atoms with Crippen LogP contribution in [0.25, 0.3) is 0 Å². The van der Waals surface area contributed by atoms with Crippen molar-refractivity contribution in [1.29, 1.82) is 0 Å². The van der Waals surface area contributed by atoms with E-state index >= 15 is 0 Å². The first kappa shape index (κ1) is 28.3. The summed E-state index contributed by atoms with van der Waals surface area (Å²) < 4.78 is 24.3. The van der Waals surface area contributed by atoms with Crippen molar-refractivity contribution in [3.63, 3.8) is 0 Å². The minimum absolute atomic E-state index is 0.0700. The Kier molecular flexibility index (Phi) is 9.56. The maximum atomic E-state index is 13.0. The van der Waals surface area contributed by atoms with E-state index in [0.29, 0.717) is 28.4 Å². The summed E-state index contributed by atoms with van der Waals surface area (Å²) in [6.45, 7) is -0.189. The van der Waals surface area contributed by atoms with Crippen molar-refractivity contribution in [2.45, 2.75) is 43.0 Å². The van der Waals surface area contributed by atoms with Gasteiger partial charge in [0.1, 0.15) is 54.8 Å². The molecule has 1 saturated heterocycles. The third-order valence-corrected chi connectivity index (χ3v) is 6.81. The van der Waals surface area contributed by atoms with Gasteiger partial charge < -0.3 is 40.3 Å². The standard InChI is InChI=1S/C28H31ClFNO7/c29-23-10-3-17(28-27(36)26(35)25(34)24(14-32)38-28)12-18(23)11-16-1-8-22(9-2-16)37-15-21(33)13-31-20-6-4-19(30)5-7-20/h1-10,12,21,24-28,31-36H,11,13-15H2/t21-,24+,25+,26-,27+,28-/m0/s1. The van der Waals surface area contributed by atoms with Gasteiger partial charge in [-0.3, -0.25) is 0 Å². The molecule has 38 heavy (non-hydrogen) atoms. The number of hydrogen-bond acceptors (Lipinski definition) is 8. The zero-order valence-electron chi connectivity index (χ0n) is 20.5. The zero-order valence-corrected chi connectivity index (χ0v) is 21.2. The van der Waals surface area contributed by atoms with E-state index in [9.17, 15) is 29.9 Å². The first-order valence-corrected chi connectivity index (χ1v) is 12.6. The van der Waals surface area contributed by atoms with E-state index in [4.69, 9.17) is 21.1 Å². The lowest BCUT2D eigenvalue weighted by molar-refractivity contribution is -0.231. The van der Waals surface area contributed by atoms with Gasteiger partial charge in [-0.15, -0.1) is 0 Å². The number of aliphatic hydroxyl groups is 5. The number of aliphatic hydroxyl groups excluding tert-OH is 5. The smallest absolute Gasteiger partial charge is 0.123 e. The Balaban J connectivity index is 1.34. The van der Waals surface area contributed by atoms with Gasteiger partial charge >= 0.3 is 0 Å². The average Bonchev–Trinajstić information content (AvgIpc) is 2.92. The van der Waals surface area contributed by atoms with Gasteiger partial charge in [0.15, 0.2) is 0 Å². The van der Waals surface area contributed by atoms with Crippen molar-refractivity contribution in [2.24, 2.45) is 0 Å². The number of hydrogen-bond donors (Lipinski definition) is 6. The van der Waals surface area contributed by atoms with Crippen LogP contribution in [0.15, 0.2) is 66.7 Å². The van der Waals surface area contributed by atoms with Gasteiger partial charge in [0, 0.05) is 17.3 Å². The molecule has 0 radical (unpaired) electrons. The van der Waals surface area contributed by atoms with E-state index in [1.807, 2.05) is 12.1 Å². The summed E-state index contributed by atoms with van der Waals surface area (Å²) in [5, 5.41) is 53.8. The average molecular weight is 548 g/mol. The highest BCUT2D eigenvalue weighted by molar-refractivity contribution is 6.31. The van der Waals surface area contributed by atoms with Crippen LogP contribution in [-0.4, -0.2) is 75.8 Å². The van der Waals surface area contributed by atoms with E-state index in [-0.39, 0.29) is 19.0 Å². The van der Waals surface area contributed by atoms with Crippen LogP contribution >= 0.6 is 11.6 Å². The topological polar surface area (TPSA) is 132 Å². The van der Waals surface area contributed by atoms with Gasteiger partial charge in [0.25, 0.3) is 0 Å². The Morgan fingerprint density at radius 2 is 1.66 bits per heavy atom. The van der Waals surface area contributed by atoms with Crippen LogP contribution in [-0.2, 0) is 11.2 Å². The second-order valence-electron chi connectivity index (χ2n) is 9.27. The van der Waals surface area contributed by atoms with Crippen molar-refractivity contribution >= 4 is 17.3 Å². The Morgan fingerprint density at radius 3 is 2.34 bits per heavy atom. The highest BCUT2D eigenvalue weighted by Crippen LogP contribution is 2.34. The van der Waals surface area contributed by atoms with E-state index < -0.39 is 43.2 Å². The van der Waals surface area contributed by atoms with E-state index in [1.54, 1.807) is 42.5 Å². The number of halogens is 2. The largest absolute Gasteiger partial charge is 0.491 e. The first-order valence-electron chi connectivity index (χ1n) is 12.2. The SMILES string of the molecule is OC[C@H]1O[C@@H](c2ccc(Cl)c(Cc3ccc(OC[C@@H](O)CNc4ccc(F)cc4)cc3)c2)[C@H](O)[C@@H](O)[C@@H]1O. The molecule has 0 spiro atoms. The molecule has 0 unspecified atom stereocenters. The van der Waals surface area contributed by atoms with Crippen LogP contribution in [0.1, 0.15) is 22.8 Å². The lowest BCUT2D eigenvalue weighted by atomic mass is 9.90. The Bertz CT molecular complexity index is 1180. The molecule has 6 atom stereocenters. The summed E-state index contributed by atoms with van der Waals surface area (Å²) >= 11 is 6.42.